The molecule has 0 radical (unpaired) electrons. The van der Waals surface area contributed by atoms with Crippen LogP contribution in [-0.2, 0) is 0 Å². The molecule has 0 heterocycles. The van der Waals surface area contributed by atoms with Crippen LogP contribution in [0.2, 0.25) is 0 Å². The van der Waals surface area contributed by atoms with E-state index in [4.69, 9.17) is 0 Å². The van der Waals surface area contributed by atoms with Gasteiger partial charge < -0.3 is 0 Å². The first-order valence-corrected chi connectivity index (χ1v) is 6.76. The lowest BCUT2D eigenvalue weighted by molar-refractivity contribution is 0.517. The monoisotopic (exact) mass is 208 g/mol. The molecule has 0 bridgehead atoms. The van der Waals surface area contributed by atoms with E-state index in [1.807, 2.05) is 0 Å². The fraction of sp³-hybridized carbons (Fsp3) is 0.692. The Morgan fingerprint density at radius 1 is 1.21 bits per heavy atom. The van der Waals surface area contributed by atoms with Gasteiger partial charge in [0.25, 0.3) is 0 Å². The van der Waals surface area contributed by atoms with Gasteiger partial charge in [-0.3, -0.25) is 0 Å². The van der Waals surface area contributed by atoms with E-state index >= 15 is 0 Å². The average molecular weight is 208 g/mol. The molecule has 0 aromatic rings. The molecule has 0 aromatic heterocycles. The van der Waals surface area contributed by atoms with Gasteiger partial charge in [-0.15, -0.1) is 11.8 Å². The summed E-state index contributed by atoms with van der Waals surface area (Å²) in [5.41, 5.74) is 1.56. The van der Waals surface area contributed by atoms with Gasteiger partial charge in [0.2, 0.25) is 0 Å². The van der Waals surface area contributed by atoms with Crippen molar-refractivity contribution in [2.45, 2.75) is 57.1 Å². The molecule has 0 amide bonds. The lowest BCUT2D eigenvalue weighted by Gasteiger charge is -2.22. The van der Waals surface area contributed by atoms with Crippen molar-refractivity contribution in [3.8, 4) is 0 Å². The highest BCUT2D eigenvalue weighted by Gasteiger charge is 2.15. The maximum atomic E-state index is 2.42. The summed E-state index contributed by atoms with van der Waals surface area (Å²) in [7, 11) is 0. The second-order valence-corrected chi connectivity index (χ2v) is 5.89. The molecule has 1 heteroatoms. The summed E-state index contributed by atoms with van der Waals surface area (Å²) >= 11 is 2.13. The summed E-state index contributed by atoms with van der Waals surface area (Å²) in [6.07, 6.45) is 14.6. The Hall–Kier alpha value is -0.170. The van der Waals surface area contributed by atoms with Gasteiger partial charge in [0, 0.05) is 10.2 Å². The normalized spacial score (nSPS) is 24.4. The van der Waals surface area contributed by atoms with Gasteiger partial charge in [0.05, 0.1) is 0 Å². The van der Waals surface area contributed by atoms with Crippen LogP contribution in [0.5, 0.6) is 0 Å². The van der Waals surface area contributed by atoms with E-state index in [0.717, 1.165) is 5.25 Å². The topological polar surface area (TPSA) is 0 Å². The summed E-state index contributed by atoms with van der Waals surface area (Å²) in [6.45, 7) is 2.26. The SMILES string of the molecule is CC1=CC(SC2CCCCC2)=CCC1. The van der Waals surface area contributed by atoms with E-state index in [1.54, 1.807) is 10.5 Å². The predicted octanol–water partition coefficient (Wildman–Crippen LogP) is 4.68. The Morgan fingerprint density at radius 2 is 2.00 bits per heavy atom. The largest absolute Gasteiger partial charge is 0.123 e. The summed E-state index contributed by atoms with van der Waals surface area (Å²) < 4.78 is 0. The summed E-state index contributed by atoms with van der Waals surface area (Å²) in [6, 6.07) is 0. The molecule has 0 aliphatic heterocycles. The minimum Gasteiger partial charge on any atom is -0.123 e. The standard InChI is InChI=1S/C13H20S/c1-11-6-5-9-13(10-11)14-12-7-3-2-4-8-12/h9-10,12H,2-8H2,1H3. The third-order valence-electron chi connectivity index (χ3n) is 3.13. The Kier molecular flexibility index (Phi) is 3.74. The molecule has 2 aliphatic rings. The molecule has 78 valence electrons. The van der Waals surface area contributed by atoms with E-state index in [1.165, 1.54) is 44.9 Å². The zero-order valence-electron chi connectivity index (χ0n) is 9.09. The maximum Gasteiger partial charge on any atom is 0.00942 e. The van der Waals surface area contributed by atoms with Gasteiger partial charge >= 0.3 is 0 Å². The van der Waals surface area contributed by atoms with Crippen LogP contribution >= 0.6 is 11.8 Å². The molecular formula is C13H20S. The van der Waals surface area contributed by atoms with E-state index < -0.39 is 0 Å². The number of thioether (sulfide) groups is 1. The van der Waals surface area contributed by atoms with Gasteiger partial charge in [-0.2, -0.15) is 0 Å². The van der Waals surface area contributed by atoms with Crippen molar-refractivity contribution in [2.24, 2.45) is 0 Å². The molecule has 0 N–H and O–H groups in total. The van der Waals surface area contributed by atoms with E-state index in [-0.39, 0.29) is 0 Å². The van der Waals surface area contributed by atoms with Crippen molar-refractivity contribution in [1.82, 2.24) is 0 Å². The third kappa shape index (κ3) is 2.91. The molecule has 1 saturated carbocycles. The van der Waals surface area contributed by atoms with Crippen molar-refractivity contribution in [3.05, 3.63) is 22.6 Å². The fourth-order valence-corrected chi connectivity index (χ4v) is 3.71. The first-order chi connectivity index (χ1) is 6.84. The summed E-state index contributed by atoms with van der Waals surface area (Å²) in [5, 5.41) is 0.914. The molecule has 2 aliphatic carbocycles. The number of hydrogen-bond donors (Lipinski definition) is 0. The van der Waals surface area contributed by atoms with Gasteiger partial charge in [-0.1, -0.05) is 30.9 Å². The lowest BCUT2D eigenvalue weighted by atomic mass is 10.0. The molecule has 0 nitrogen and oxygen atoms in total. The molecule has 0 unspecified atom stereocenters. The smallest absolute Gasteiger partial charge is 0.00942 e. The van der Waals surface area contributed by atoms with Crippen LogP contribution in [-0.4, -0.2) is 5.25 Å². The first-order valence-electron chi connectivity index (χ1n) is 5.88. The predicted molar refractivity (Wildman–Crippen MR) is 65.5 cm³/mol. The van der Waals surface area contributed by atoms with Crippen molar-refractivity contribution in [3.63, 3.8) is 0 Å². The molecule has 0 aromatic carbocycles. The van der Waals surface area contributed by atoms with Gasteiger partial charge in [-0.25, -0.2) is 0 Å². The Bertz CT molecular complexity index is 244. The molecule has 0 atom stereocenters. The molecule has 2 rings (SSSR count). The minimum absolute atomic E-state index is 0.914. The lowest BCUT2D eigenvalue weighted by Crippen LogP contribution is -2.08. The number of rotatable bonds is 2. The zero-order valence-corrected chi connectivity index (χ0v) is 9.91. The van der Waals surface area contributed by atoms with E-state index in [0.29, 0.717) is 0 Å². The maximum absolute atomic E-state index is 2.42. The van der Waals surface area contributed by atoms with Crippen LogP contribution in [0.1, 0.15) is 51.9 Å². The van der Waals surface area contributed by atoms with E-state index in [9.17, 15) is 0 Å². The zero-order chi connectivity index (χ0) is 9.80. The van der Waals surface area contributed by atoms with Crippen LogP contribution in [0.25, 0.3) is 0 Å². The average Bonchev–Trinajstić information content (AvgIpc) is 2.19. The van der Waals surface area contributed by atoms with Crippen molar-refractivity contribution in [2.75, 3.05) is 0 Å². The second kappa shape index (κ2) is 5.06. The van der Waals surface area contributed by atoms with Crippen molar-refractivity contribution < 1.29 is 0 Å². The third-order valence-corrected chi connectivity index (χ3v) is 4.49. The van der Waals surface area contributed by atoms with E-state index in [2.05, 4.69) is 30.8 Å². The van der Waals surface area contributed by atoms with Crippen LogP contribution in [0.3, 0.4) is 0 Å². The fourth-order valence-electron chi connectivity index (χ4n) is 2.27. The molecule has 0 spiro atoms. The van der Waals surface area contributed by atoms with Gasteiger partial charge in [0.15, 0.2) is 0 Å². The van der Waals surface area contributed by atoms with Gasteiger partial charge in [-0.05, 0) is 38.7 Å². The van der Waals surface area contributed by atoms with Crippen molar-refractivity contribution in [1.29, 1.82) is 0 Å². The molecule has 14 heavy (non-hydrogen) atoms. The summed E-state index contributed by atoms with van der Waals surface area (Å²) in [4.78, 5) is 1.54. The Balaban J connectivity index is 1.87. The Labute approximate surface area is 91.9 Å². The highest BCUT2D eigenvalue weighted by atomic mass is 32.2. The summed E-state index contributed by atoms with van der Waals surface area (Å²) in [5.74, 6) is 0. The first kappa shape index (κ1) is 10.4. The number of hydrogen-bond acceptors (Lipinski definition) is 1. The highest BCUT2D eigenvalue weighted by Crippen LogP contribution is 2.35. The molecule has 0 saturated heterocycles. The minimum atomic E-state index is 0.914. The van der Waals surface area contributed by atoms with Gasteiger partial charge in [0.1, 0.15) is 0 Å². The van der Waals surface area contributed by atoms with Crippen LogP contribution < -0.4 is 0 Å². The molecule has 1 fully saturated rings. The second-order valence-electron chi connectivity index (χ2n) is 4.51. The van der Waals surface area contributed by atoms with Crippen molar-refractivity contribution >= 4 is 11.8 Å². The Morgan fingerprint density at radius 3 is 2.71 bits per heavy atom. The molecular weight excluding hydrogens is 188 g/mol. The van der Waals surface area contributed by atoms with Crippen LogP contribution in [0.15, 0.2) is 22.6 Å². The quantitative estimate of drug-likeness (QED) is 0.635. The highest BCUT2D eigenvalue weighted by molar-refractivity contribution is 8.03. The number of allylic oxidation sites excluding steroid dienone is 3. The van der Waals surface area contributed by atoms with Crippen LogP contribution in [0.4, 0.5) is 0 Å². The van der Waals surface area contributed by atoms with Crippen LogP contribution in [0, 0.1) is 0 Å².